The molecule has 10 heteroatoms. The number of hydrogen-bond donors (Lipinski definition) is 5. The van der Waals surface area contributed by atoms with Crippen molar-refractivity contribution in [1.82, 2.24) is 10.6 Å². The van der Waals surface area contributed by atoms with Crippen molar-refractivity contribution < 1.29 is 23.4 Å². The normalized spacial score (nSPS) is 19.1. The third kappa shape index (κ3) is 5.72. The lowest BCUT2D eigenvalue weighted by Crippen LogP contribution is -2.58. The molecule has 0 aromatic heterocycles. The topological polar surface area (TPSA) is 111 Å². The number of hydrogen-bond acceptors (Lipinski definition) is 8. The number of nitrogens with zero attached hydrogens (tertiary/aromatic N) is 1. The Morgan fingerprint density at radius 2 is 2.21 bits per heavy atom. The second kappa shape index (κ2) is 10.1. The Morgan fingerprint density at radius 1 is 1.46 bits per heavy atom. The molecule has 1 aromatic rings. The van der Waals surface area contributed by atoms with Crippen LogP contribution in [-0.2, 0) is 0 Å². The van der Waals surface area contributed by atoms with E-state index >= 15 is 0 Å². The predicted octanol–water partition coefficient (Wildman–Crippen LogP) is 1.89. The van der Waals surface area contributed by atoms with Crippen LogP contribution in [0.4, 0.5) is 20.2 Å². The van der Waals surface area contributed by atoms with E-state index in [2.05, 4.69) is 32.4 Å². The second-order valence-electron chi connectivity index (χ2n) is 6.18. The zero-order valence-electron chi connectivity index (χ0n) is 15.5. The van der Waals surface area contributed by atoms with Crippen molar-refractivity contribution in [1.29, 1.82) is 5.41 Å². The monoisotopic (exact) mass is 397 g/mol. The van der Waals surface area contributed by atoms with E-state index in [0.29, 0.717) is 18.3 Å². The molecular formula is C18H25F2N5O3. The highest BCUT2D eigenvalue weighted by Gasteiger charge is 2.33. The third-order valence-corrected chi connectivity index (χ3v) is 4.05. The maximum absolute atomic E-state index is 13.5. The van der Waals surface area contributed by atoms with E-state index in [4.69, 9.17) is 15.3 Å². The Hall–Kier alpha value is -2.56. The lowest BCUT2D eigenvalue weighted by atomic mass is 9.98. The predicted molar refractivity (Wildman–Crippen MR) is 105 cm³/mol. The molecule has 2 rings (SSSR count). The van der Waals surface area contributed by atoms with E-state index in [1.165, 1.54) is 24.4 Å². The summed E-state index contributed by atoms with van der Waals surface area (Å²) in [6.45, 7) is 3.09. The van der Waals surface area contributed by atoms with Crippen LogP contribution < -0.4 is 25.4 Å². The summed E-state index contributed by atoms with van der Waals surface area (Å²) in [5, 5.41) is 25.1. The number of aliphatic imine (C=N–C) groups is 1. The molecule has 5 N–H and O–H groups in total. The molecule has 0 radical (unpaired) electrons. The molecule has 28 heavy (non-hydrogen) atoms. The summed E-state index contributed by atoms with van der Waals surface area (Å²) in [7, 11) is 1.88. The first-order chi connectivity index (χ1) is 13.4. The Morgan fingerprint density at radius 3 is 2.82 bits per heavy atom. The summed E-state index contributed by atoms with van der Waals surface area (Å²) < 4.78 is 37.4. The summed E-state index contributed by atoms with van der Waals surface area (Å²) in [5.41, 5.74) is 0.443. The van der Waals surface area contributed by atoms with Crippen molar-refractivity contribution >= 4 is 24.3 Å². The van der Waals surface area contributed by atoms with Gasteiger partial charge in [-0.2, -0.15) is 8.78 Å². The molecule has 1 aromatic carbocycles. The van der Waals surface area contributed by atoms with Crippen molar-refractivity contribution in [3.8, 4) is 11.5 Å². The van der Waals surface area contributed by atoms with Gasteiger partial charge in [-0.1, -0.05) is 0 Å². The van der Waals surface area contributed by atoms with Crippen LogP contribution in [0.2, 0.25) is 0 Å². The van der Waals surface area contributed by atoms with E-state index in [9.17, 15) is 8.78 Å². The number of benzene rings is 1. The van der Waals surface area contributed by atoms with Gasteiger partial charge in [-0.25, -0.2) is 0 Å². The Bertz CT molecular complexity index is 709. The molecule has 0 saturated carbocycles. The van der Waals surface area contributed by atoms with Gasteiger partial charge in [-0.3, -0.25) is 4.99 Å². The number of alkyl halides is 2. The Balaban J connectivity index is 2.22. The van der Waals surface area contributed by atoms with Crippen LogP contribution >= 0.6 is 0 Å². The van der Waals surface area contributed by atoms with Crippen molar-refractivity contribution in [3.05, 3.63) is 24.4 Å². The van der Waals surface area contributed by atoms with Crippen molar-refractivity contribution in [2.45, 2.75) is 24.6 Å². The first-order valence-corrected chi connectivity index (χ1v) is 8.71. The van der Waals surface area contributed by atoms with Crippen molar-refractivity contribution in [3.63, 3.8) is 0 Å². The maximum atomic E-state index is 13.5. The summed E-state index contributed by atoms with van der Waals surface area (Å²) in [4.78, 5) is 3.79. The van der Waals surface area contributed by atoms with E-state index in [1.807, 2.05) is 7.05 Å². The smallest absolute Gasteiger partial charge is 0.421 e. The summed E-state index contributed by atoms with van der Waals surface area (Å²) in [5.74, 6) is -0.0741. The highest BCUT2D eigenvalue weighted by molar-refractivity contribution is 5.77. The largest absolute Gasteiger partial charge is 0.487 e. The summed E-state index contributed by atoms with van der Waals surface area (Å²) >= 11 is 0. The number of rotatable bonds is 12. The molecule has 1 aliphatic rings. The number of allylic oxidation sites excluding steroid dienone is 1. The van der Waals surface area contributed by atoms with Crippen LogP contribution in [0.3, 0.4) is 0 Å². The number of aliphatic hydroxyl groups is 1. The quantitative estimate of drug-likeness (QED) is 0.345. The van der Waals surface area contributed by atoms with E-state index in [0.717, 1.165) is 19.2 Å². The van der Waals surface area contributed by atoms with Gasteiger partial charge in [0.1, 0.15) is 18.9 Å². The fourth-order valence-corrected chi connectivity index (χ4v) is 2.77. The first kappa shape index (κ1) is 21.7. The second-order valence-corrected chi connectivity index (χ2v) is 6.18. The SMILES string of the molecule is C=Nc1c(OC(F)(F)CO)ccc(N/C=C\C=N)c1OCC1CC(CNC)N1. The molecular weight excluding hydrogens is 372 g/mol. The standard InChI is InChI=1S/C18H25F2N5O3/c1-22-9-12-8-13(25-12)10-27-17-14(24-7-3-6-21)4-5-15(16(17)23-2)28-18(19,20)11-26/h3-7,12-13,21-22,24-26H,2,8-11H2,1H3/b7-3-,21-6?. The molecule has 8 nitrogen and oxygen atoms in total. The van der Waals surface area contributed by atoms with Crippen molar-refractivity contribution in [2.75, 3.05) is 32.1 Å². The van der Waals surface area contributed by atoms with Crippen LogP contribution in [-0.4, -0.2) is 63.0 Å². The molecule has 2 atom stereocenters. The highest BCUT2D eigenvalue weighted by atomic mass is 19.3. The maximum Gasteiger partial charge on any atom is 0.421 e. The molecule has 1 fully saturated rings. The van der Waals surface area contributed by atoms with E-state index < -0.39 is 12.7 Å². The fourth-order valence-electron chi connectivity index (χ4n) is 2.77. The van der Waals surface area contributed by atoms with Gasteiger partial charge in [-0.05, 0) is 38.4 Å². The molecule has 0 amide bonds. The lowest BCUT2D eigenvalue weighted by Gasteiger charge is -2.37. The first-order valence-electron chi connectivity index (χ1n) is 8.71. The summed E-state index contributed by atoms with van der Waals surface area (Å²) in [6, 6.07) is 3.25. The zero-order valence-corrected chi connectivity index (χ0v) is 15.5. The molecule has 154 valence electrons. The van der Waals surface area contributed by atoms with Gasteiger partial charge in [0.05, 0.1) is 5.69 Å². The van der Waals surface area contributed by atoms with E-state index in [1.54, 1.807) is 0 Å². The fraction of sp³-hybridized carbons (Fsp3) is 0.444. The van der Waals surface area contributed by atoms with Gasteiger partial charge in [0.25, 0.3) is 0 Å². The lowest BCUT2D eigenvalue weighted by molar-refractivity contribution is -0.200. The Kier molecular flexibility index (Phi) is 7.85. The third-order valence-electron chi connectivity index (χ3n) is 4.05. The van der Waals surface area contributed by atoms with Crippen LogP contribution in [0.1, 0.15) is 6.42 Å². The molecule has 1 aliphatic heterocycles. The molecule has 1 saturated heterocycles. The zero-order chi connectivity index (χ0) is 20.6. The van der Waals surface area contributed by atoms with Crippen LogP contribution in [0, 0.1) is 5.41 Å². The van der Waals surface area contributed by atoms with Gasteiger partial charge in [0, 0.05) is 31.0 Å². The average molecular weight is 397 g/mol. The van der Waals surface area contributed by atoms with Gasteiger partial charge in [0.2, 0.25) is 0 Å². The number of halogens is 2. The van der Waals surface area contributed by atoms with Gasteiger partial charge in [0.15, 0.2) is 11.5 Å². The molecule has 0 spiro atoms. The van der Waals surface area contributed by atoms with Crippen molar-refractivity contribution in [2.24, 2.45) is 4.99 Å². The molecule has 1 heterocycles. The minimum Gasteiger partial charge on any atom is -0.487 e. The molecule has 0 aliphatic carbocycles. The van der Waals surface area contributed by atoms with Crippen LogP contribution in [0.5, 0.6) is 11.5 Å². The van der Waals surface area contributed by atoms with Gasteiger partial charge >= 0.3 is 6.11 Å². The number of likely N-dealkylation sites (N-methyl/N-ethyl adjacent to an activating group) is 1. The average Bonchev–Trinajstić information content (AvgIpc) is 2.64. The van der Waals surface area contributed by atoms with Crippen LogP contribution in [0.15, 0.2) is 29.4 Å². The number of anilines is 1. The van der Waals surface area contributed by atoms with Gasteiger partial charge < -0.3 is 35.9 Å². The summed E-state index contributed by atoms with van der Waals surface area (Å²) in [6.07, 6.45) is 1.18. The Labute approximate surface area is 162 Å². The number of aliphatic hydroxyl groups excluding tert-OH is 1. The van der Waals surface area contributed by atoms with Gasteiger partial charge in [-0.15, -0.1) is 0 Å². The minimum atomic E-state index is -3.76. The van der Waals surface area contributed by atoms with E-state index in [-0.39, 0.29) is 23.2 Å². The van der Waals surface area contributed by atoms with Crippen LogP contribution in [0.25, 0.3) is 0 Å². The minimum absolute atomic E-state index is 0.00697. The highest BCUT2D eigenvalue weighted by Crippen LogP contribution is 2.44. The molecule has 2 unspecified atom stereocenters. The number of nitrogens with one attached hydrogen (secondary N) is 4. The molecule has 0 bridgehead atoms. The number of ether oxygens (including phenoxy) is 2.